The maximum absolute atomic E-state index is 12.7. The summed E-state index contributed by atoms with van der Waals surface area (Å²) in [5.41, 5.74) is -0.849. The van der Waals surface area contributed by atoms with Crippen LogP contribution in [0, 0.1) is 0 Å². The standard InChI is InChI=1S/C13H16Cl3NO3S/c1-13(18)3-2-5-17(6-4-13)21(19,20)12-10(15)7-9(14)8-11(12)16/h7-8,18H,2-6H2,1H3. The van der Waals surface area contributed by atoms with E-state index in [0.29, 0.717) is 25.8 Å². The van der Waals surface area contributed by atoms with Crippen LogP contribution in [0.1, 0.15) is 26.2 Å². The molecule has 1 fully saturated rings. The van der Waals surface area contributed by atoms with Crippen LogP contribution in [0.4, 0.5) is 0 Å². The van der Waals surface area contributed by atoms with Crippen LogP contribution in [-0.4, -0.2) is 36.5 Å². The van der Waals surface area contributed by atoms with E-state index < -0.39 is 15.6 Å². The number of halogens is 3. The Morgan fingerprint density at radius 2 is 1.71 bits per heavy atom. The van der Waals surface area contributed by atoms with Crippen LogP contribution < -0.4 is 0 Å². The fourth-order valence-corrected chi connectivity index (χ4v) is 5.36. The maximum atomic E-state index is 12.7. The second kappa shape index (κ2) is 6.22. The predicted molar refractivity (Wildman–Crippen MR) is 84.7 cm³/mol. The minimum absolute atomic E-state index is 0.00325. The summed E-state index contributed by atoms with van der Waals surface area (Å²) in [5, 5.41) is 10.3. The smallest absolute Gasteiger partial charge is 0.246 e. The Morgan fingerprint density at radius 1 is 1.14 bits per heavy atom. The largest absolute Gasteiger partial charge is 0.390 e. The average Bonchev–Trinajstić information content (AvgIpc) is 2.48. The van der Waals surface area contributed by atoms with Gasteiger partial charge < -0.3 is 5.11 Å². The molecule has 8 heteroatoms. The van der Waals surface area contributed by atoms with Gasteiger partial charge in [0.15, 0.2) is 0 Å². The molecule has 2 rings (SSSR count). The van der Waals surface area contributed by atoms with Crippen LogP contribution >= 0.6 is 34.8 Å². The van der Waals surface area contributed by atoms with Gasteiger partial charge in [-0.3, -0.25) is 0 Å². The molecule has 0 amide bonds. The van der Waals surface area contributed by atoms with Crippen molar-refractivity contribution >= 4 is 44.8 Å². The van der Waals surface area contributed by atoms with Crippen molar-refractivity contribution < 1.29 is 13.5 Å². The van der Waals surface area contributed by atoms with Gasteiger partial charge in [-0.15, -0.1) is 0 Å². The number of aliphatic hydroxyl groups is 1. The molecule has 0 aliphatic carbocycles. The highest BCUT2D eigenvalue weighted by molar-refractivity contribution is 7.89. The molecule has 0 aromatic heterocycles. The molecule has 1 aliphatic heterocycles. The van der Waals surface area contributed by atoms with Gasteiger partial charge in [0.2, 0.25) is 10.0 Å². The molecule has 1 aromatic carbocycles. The number of rotatable bonds is 2. The molecule has 4 nitrogen and oxygen atoms in total. The van der Waals surface area contributed by atoms with Crippen LogP contribution in [0.3, 0.4) is 0 Å². The molecule has 21 heavy (non-hydrogen) atoms. The van der Waals surface area contributed by atoms with E-state index in [0.717, 1.165) is 0 Å². The summed E-state index contributed by atoms with van der Waals surface area (Å²) < 4.78 is 26.8. The SMILES string of the molecule is CC1(O)CCCN(S(=O)(=O)c2c(Cl)cc(Cl)cc2Cl)CC1. The second-order valence-electron chi connectivity index (χ2n) is 5.45. The first-order valence-electron chi connectivity index (χ1n) is 6.50. The van der Waals surface area contributed by atoms with Crippen molar-refractivity contribution in [2.75, 3.05) is 13.1 Å². The average molecular weight is 373 g/mol. The number of hydrogen-bond acceptors (Lipinski definition) is 3. The molecular formula is C13H16Cl3NO3S. The zero-order valence-corrected chi connectivity index (χ0v) is 14.5. The van der Waals surface area contributed by atoms with Crippen molar-refractivity contribution in [1.29, 1.82) is 0 Å². The van der Waals surface area contributed by atoms with Crippen molar-refractivity contribution in [1.82, 2.24) is 4.31 Å². The van der Waals surface area contributed by atoms with Crippen LogP contribution in [0.25, 0.3) is 0 Å². The van der Waals surface area contributed by atoms with Gasteiger partial charge in [-0.1, -0.05) is 34.8 Å². The summed E-state index contributed by atoms with van der Waals surface area (Å²) in [6, 6.07) is 2.71. The molecule has 1 N–H and O–H groups in total. The Hall–Kier alpha value is -0.0400. The lowest BCUT2D eigenvalue weighted by molar-refractivity contribution is 0.0465. The summed E-state index contributed by atoms with van der Waals surface area (Å²) in [6.07, 6.45) is 1.51. The van der Waals surface area contributed by atoms with Gasteiger partial charge in [-0.05, 0) is 38.3 Å². The van der Waals surface area contributed by atoms with Gasteiger partial charge in [0, 0.05) is 18.1 Å². The molecule has 0 spiro atoms. The number of sulfonamides is 1. The quantitative estimate of drug-likeness (QED) is 0.863. The fraction of sp³-hybridized carbons (Fsp3) is 0.538. The monoisotopic (exact) mass is 371 g/mol. The number of nitrogens with zero attached hydrogens (tertiary/aromatic N) is 1. The predicted octanol–water partition coefficient (Wildman–Crippen LogP) is 3.57. The van der Waals surface area contributed by atoms with E-state index in [2.05, 4.69) is 0 Å². The Bertz CT molecular complexity index is 623. The van der Waals surface area contributed by atoms with Crippen LogP contribution in [0.2, 0.25) is 15.1 Å². The first kappa shape index (κ1) is 17.3. The van der Waals surface area contributed by atoms with E-state index >= 15 is 0 Å². The third kappa shape index (κ3) is 3.84. The van der Waals surface area contributed by atoms with E-state index in [1.807, 2.05) is 0 Å². The lowest BCUT2D eigenvalue weighted by atomic mass is 9.98. The van der Waals surface area contributed by atoms with Gasteiger partial charge in [0.1, 0.15) is 4.90 Å². The molecule has 1 aliphatic rings. The third-order valence-corrected chi connectivity index (χ3v) is 6.62. The van der Waals surface area contributed by atoms with Crippen molar-refractivity contribution in [3.05, 3.63) is 27.2 Å². The topological polar surface area (TPSA) is 57.6 Å². The Labute approximate surface area is 139 Å². The summed E-state index contributed by atoms with van der Waals surface area (Å²) >= 11 is 17.8. The first-order valence-corrected chi connectivity index (χ1v) is 9.08. The minimum Gasteiger partial charge on any atom is -0.390 e. The molecule has 1 atom stereocenters. The fourth-order valence-electron chi connectivity index (χ4n) is 2.38. The maximum Gasteiger partial charge on any atom is 0.246 e. The van der Waals surface area contributed by atoms with Crippen molar-refractivity contribution in [3.63, 3.8) is 0 Å². The molecule has 0 saturated carbocycles. The molecular weight excluding hydrogens is 357 g/mol. The Kier molecular flexibility index (Phi) is 5.13. The molecule has 0 bridgehead atoms. The molecule has 1 unspecified atom stereocenters. The van der Waals surface area contributed by atoms with Crippen LogP contribution in [0.15, 0.2) is 17.0 Å². The highest BCUT2D eigenvalue weighted by atomic mass is 35.5. The van der Waals surface area contributed by atoms with E-state index in [1.165, 1.54) is 16.4 Å². The second-order valence-corrected chi connectivity index (χ2v) is 8.58. The lowest BCUT2D eigenvalue weighted by Gasteiger charge is -2.23. The zero-order chi connectivity index (χ0) is 15.8. The number of hydrogen-bond donors (Lipinski definition) is 1. The van der Waals surface area contributed by atoms with E-state index in [9.17, 15) is 13.5 Å². The van der Waals surface area contributed by atoms with Crippen molar-refractivity contribution in [2.45, 2.75) is 36.7 Å². The Balaban J connectivity index is 2.39. The van der Waals surface area contributed by atoms with E-state index in [-0.39, 0.29) is 26.5 Å². The molecule has 1 heterocycles. The third-order valence-electron chi connectivity index (χ3n) is 3.58. The normalized spacial score (nSPS) is 24.8. The van der Waals surface area contributed by atoms with Crippen LogP contribution in [-0.2, 0) is 10.0 Å². The summed E-state index contributed by atoms with van der Waals surface area (Å²) in [4.78, 5) is -0.128. The van der Waals surface area contributed by atoms with Gasteiger partial charge in [-0.2, -0.15) is 4.31 Å². The molecule has 1 saturated heterocycles. The highest BCUT2D eigenvalue weighted by Crippen LogP contribution is 2.35. The van der Waals surface area contributed by atoms with Gasteiger partial charge in [0.05, 0.1) is 15.6 Å². The molecule has 0 radical (unpaired) electrons. The number of benzene rings is 1. The summed E-state index contributed by atoms with van der Waals surface area (Å²) in [7, 11) is -3.81. The van der Waals surface area contributed by atoms with Crippen molar-refractivity contribution in [2.24, 2.45) is 0 Å². The molecule has 1 aromatic rings. The van der Waals surface area contributed by atoms with Crippen LogP contribution in [0.5, 0.6) is 0 Å². The summed E-state index contributed by atoms with van der Waals surface area (Å²) in [5.74, 6) is 0. The van der Waals surface area contributed by atoms with Crippen molar-refractivity contribution in [3.8, 4) is 0 Å². The van der Waals surface area contributed by atoms with Gasteiger partial charge in [0.25, 0.3) is 0 Å². The Morgan fingerprint density at radius 3 is 2.29 bits per heavy atom. The highest BCUT2D eigenvalue weighted by Gasteiger charge is 2.34. The minimum atomic E-state index is -3.81. The molecule has 118 valence electrons. The van der Waals surface area contributed by atoms with Gasteiger partial charge >= 0.3 is 0 Å². The first-order chi connectivity index (χ1) is 9.63. The van der Waals surface area contributed by atoms with E-state index in [4.69, 9.17) is 34.8 Å². The zero-order valence-electron chi connectivity index (χ0n) is 11.4. The van der Waals surface area contributed by atoms with E-state index in [1.54, 1.807) is 6.92 Å². The van der Waals surface area contributed by atoms with Gasteiger partial charge in [-0.25, -0.2) is 8.42 Å². The lowest BCUT2D eigenvalue weighted by Crippen LogP contribution is -2.33. The summed E-state index contributed by atoms with van der Waals surface area (Å²) in [6.45, 7) is 2.27.